The van der Waals surface area contributed by atoms with Crippen molar-refractivity contribution < 1.29 is 24.2 Å². The number of carbonyl (C=O) groups is 2. The van der Waals surface area contributed by atoms with Crippen LogP contribution in [0.25, 0.3) is 0 Å². The number of aliphatic carboxylic acids is 1. The zero-order valence-corrected chi connectivity index (χ0v) is 13.6. The first-order valence-corrected chi connectivity index (χ1v) is 8.52. The van der Waals surface area contributed by atoms with Crippen molar-refractivity contribution in [2.24, 2.45) is 11.8 Å². The van der Waals surface area contributed by atoms with Crippen molar-refractivity contribution in [2.45, 2.75) is 32.1 Å². The third-order valence-electron chi connectivity index (χ3n) is 4.71. The Bertz CT molecular complexity index is 615. The first kappa shape index (κ1) is 16.6. The molecule has 2 aliphatic rings. The molecule has 1 amide bonds. The van der Waals surface area contributed by atoms with Crippen LogP contribution in [0, 0.1) is 11.8 Å². The van der Waals surface area contributed by atoms with Crippen LogP contribution >= 0.6 is 0 Å². The van der Waals surface area contributed by atoms with Crippen molar-refractivity contribution in [1.29, 1.82) is 0 Å². The standard InChI is InChI=1S/C18H23NO5/c20-17(13-2-1-3-14(11-13)18(21)22)19-7-6-12-4-5-15-16(10-12)24-9-8-23-15/h4-5,10,13-14H,1-3,6-9,11H2,(H,19,20)(H,21,22)/t13-,14+/m0/s1. The molecule has 24 heavy (non-hydrogen) atoms. The van der Waals surface area contributed by atoms with Crippen molar-refractivity contribution in [3.63, 3.8) is 0 Å². The zero-order valence-electron chi connectivity index (χ0n) is 13.6. The second-order valence-corrected chi connectivity index (χ2v) is 6.42. The fourth-order valence-electron chi connectivity index (χ4n) is 3.37. The summed E-state index contributed by atoms with van der Waals surface area (Å²) in [6.07, 6.45) is 3.41. The Balaban J connectivity index is 1.47. The highest BCUT2D eigenvalue weighted by molar-refractivity contribution is 5.80. The molecule has 1 aliphatic heterocycles. The molecule has 0 saturated heterocycles. The van der Waals surface area contributed by atoms with Crippen LogP contribution in [0.5, 0.6) is 11.5 Å². The van der Waals surface area contributed by atoms with E-state index in [0.29, 0.717) is 39.0 Å². The molecule has 1 aromatic carbocycles. The molecule has 0 bridgehead atoms. The number of nitrogens with one attached hydrogen (secondary N) is 1. The van der Waals surface area contributed by atoms with E-state index >= 15 is 0 Å². The third-order valence-corrected chi connectivity index (χ3v) is 4.71. The fraction of sp³-hybridized carbons (Fsp3) is 0.556. The molecule has 6 nitrogen and oxygen atoms in total. The molecule has 0 unspecified atom stereocenters. The predicted molar refractivity (Wildman–Crippen MR) is 87.2 cm³/mol. The fourth-order valence-corrected chi connectivity index (χ4v) is 3.37. The first-order chi connectivity index (χ1) is 11.6. The van der Waals surface area contributed by atoms with Gasteiger partial charge in [-0.25, -0.2) is 0 Å². The van der Waals surface area contributed by atoms with Crippen molar-refractivity contribution >= 4 is 11.9 Å². The van der Waals surface area contributed by atoms with E-state index < -0.39 is 5.97 Å². The van der Waals surface area contributed by atoms with E-state index in [4.69, 9.17) is 14.6 Å². The lowest BCUT2D eigenvalue weighted by Gasteiger charge is -2.25. The van der Waals surface area contributed by atoms with E-state index in [9.17, 15) is 9.59 Å². The minimum atomic E-state index is -0.788. The van der Waals surface area contributed by atoms with Gasteiger partial charge in [-0.2, -0.15) is 0 Å². The molecule has 3 rings (SSSR count). The van der Waals surface area contributed by atoms with E-state index in [-0.39, 0.29) is 17.7 Å². The average molecular weight is 333 g/mol. The van der Waals surface area contributed by atoms with Crippen LogP contribution in [0.3, 0.4) is 0 Å². The van der Waals surface area contributed by atoms with E-state index in [0.717, 1.165) is 29.9 Å². The van der Waals surface area contributed by atoms with Crippen molar-refractivity contribution in [3.05, 3.63) is 23.8 Å². The van der Waals surface area contributed by atoms with Crippen molar-refractivity contribution in [3.8, 4) is 11.5 Å². The highest BCUT2D eigenvalue weighted by atomic mass is 16.6. The molecule has 2 N–H and O–H groups in total. The maximum absolute atomic E-state index is 12.2. The SMILES string of the molecule is O=C(O)[C@@H]1CCC[C@H](C(=O)NCCc2ccc3c(c2)OCCO3)C1. The van der Waals surface area contributed by atoms with Crippen LogP contribution in [0.1, 0.15) is 31.2 Å². The second-order valence-electron chi connectivity index (χ2n) is 6.42. The summed E-state index contributed by atoms with van der Waals surface area (Å²) < 4.78 is 11.0. The Morgan fingerprint density at radius 2 is 1.88 bits per heavy atom. The zero-order chi connectivity index (χ0) is 16.9. The number of fused-ring (bicyclic) bond motifs is 1. The monoisotopic (exact) mass is 333 g/mol. The maximum Gasteiger partial charge on any atom is 0.306 e. The minimum Gasteiger partial charge on any atom is -0.486 e. The molecule has 1 aromatic rings. The van der Waals surface area contributed by atoms with Crippen LogP contribution in [0.4, 0.5) is 0 Å². The van der Waals surface area contributed by atoms with Gasteiger partial charge in [0.25, 0.3) is 0 Å². The quantitative estimate of drug-likeness (QED) is 0.861. The Kier molecular flexibility index (Phi) is 5.23. The van der Waals surface area contributed by atoms with Gasteiger partial charge in [-0.05, 0) is 43.4 Å². The molecule has 1 fully saturated rings. The highest BCUT2D eigenvalue weighted by Crippen LogP contribution is 2.31. The summed E-state index contributed by atoms with van der Waals surface area (Å²) in [5, 5.41) is 12.0. The van der Waals surface area contributed by atoms with Gasteiger partial charge in [0.15, 0.2) is 11.5 Å². The van der Waals surface area contributed by atoms with Gasteiger partial charge < -0.3 is 19.9 Å². The smallest absolute Gasteiger partial charge is 0.306 e. The van der Waals surface area contributed by atoms with Gasteiger partial charge in [-0.1, -0.05) is 12.5 Å². The number of rotatable bonds is 5. The maximum atomic E-state index is 12.2. The Labute approximate surface area is 141 Å². The summed E-state index contributed by atoms with van der Waals surface area (Å²) in [5.41, 5.74) is 1.08. The number of hydrogen-bond donors (Lipinski definition) is 2. The molecular weight excluding hydrogens is 310 g/mol. The van der Waals surface area contributed by atoms with Gasteiger partial charge in [-0.15, -0.1) is 0 Å². The summed E-state index contributed by atoms with van der Waals surface area (Å²) in [4.78, 5) is 23.3. The molecular formula is C18H23NO5. The molecule has 6 heteroatoms. The van der Waals surface area contributed by atoms with Gasteiger partial charge >= 0.3 is 5.97 Å². The molecule has 2 atom stereocenters. The van der Waals surface area contributed by atoms with E-state index in [2.05, 4.69) is 5.32 Å². The van der Waals surface area contributed by atoms with E-state index in [1.165, 1.54) is 0 Å². The van der Waals surface area contributed by atoms with Gasteiger partial charge in [0.1, 0.15) is 13.2 Å². The molecule has 0 radical (unpaired) electrons. The van der Waals surface area contributed by atoms with Gasteiger partial charge in [0.05, 0.1) is 5.92 Å². The predicted octanol–water partition coefficient (Wildman–Crippen LogP) is 2.01. The normalized spacial score (nSPS) is 22.7. The van der Waals surface area contributed by atoms with E-state index in [1.54, 1.807) is 0 Å². The summed E-state index contributed by atoms with van der Waals surface area (Å²) in [6, 6.07) is 5.81. The summed E-state index contributed by atoms with van der Waals surface area (Å²) >= 11 is 0. The molecule has 1 saturated carbocycles. The topological polar surface area (TPSA) is 84.9 Å². The number of hydrogen-bond acceptors (Lipinski definition) is 4. The molecule has 1 heterocycles. The number of benzene rings is 1. The lowest BCUT2D eigenvalue weighted by Crippen LogP contribution is -2.36. The second kappa shape index (κ2) is 7.55. The van der Waals surface area contributed by atoms with Crippen LogP contribution in [-0.2, 0) is 16.0 Å². The Morgan fingerprint density at radius 1 is 1.12 bits per heavy atom. The average Bonchev–Trinajstić information content (AvgIpc) is 2.61. The number of carboxylic acids is 1. The van der Waals surface area contributed by atoms with Crippen LogP contribution in [0.2, 0.25) is 0 Å². The van der Waals surface area contributed by atoms with Crippen LogP contribution in [-0.4, -0.2) is 36.7 Å². The van der Waals surface area contributed by atoms with E-state index in [1.807, 2.05) is 18.2 Å². The number of carbonyl (C=O) groups excluding carboxylic acids is 1. The highest BCUT2D eigenvalue weighted by Gasteiger charge is 2.30. The van der Waals surface area contributed by atoms with Gasteiger partial charge in [0, 0.05) is 12.5 Å². The van der Waals surface area contributed by atoms with Gasteiger partial charge in [0.2, 0.25) is 5.91 Å². The molecule has 0 aromatic heterocycles. The number of carboxylic acid groups (broad SMARTS) is 1. The lowest BCUT2D eigenvalue weighted by molar-refractivity contribution is -0.144. The third kappa shape index (κ3) is 3.99. The van der Waals surface area contributed by atoms with Crippen molar-refractivity contribution in [1.82, 2.24) is 5.32 Å². The molecule has 1 aliphatic carbocycles. The van der Waals surface area contributed by atoms with Gasteiger partial charge in [-0.3, -0.25) is 9.59 Å². The number of amides is 1. The molecule has 130 valence electrons. The summed E-state index contributed by atoms with van der Waals surface area (Å²) in [5.74, 6) is 0.132. The Morgan fingerprint density at radius 3 is 2.67 bits per heavy atom. The van der Waals surface area contributed by atoms with Crippen LogP contribution in [0.15, 0.2) is 18.2 Å². The minimum absolute atomic E-state index is 0.0292. The largest absolute Gasteiger partial charge is 0.486 e. The van der Waals surface area contributed by atoms with Crippen molar-refractivity contribution in [2.75, 3.05) is 19.8 Å². The lowest BCUT2D eigenvalue weighted by atomic mass is 9.81. The molecule has 0 spiro atoms. The summed E-state index contributed by atoms with van der Waals surface area (Å²) in [6.45, 7) is 1.66. The summed E-state index contributed by atoms with van der Waals surface area (Å²) in [7, 11) is 0. The van der Waals surface area contributed by atoms with Crippen LogP contribution < -0.4 is 14.8 Å². The first-order valence-electron chi connectivity index (χ1n) is 8.52. The number of ether oxygens (including phenoxy) is 2. The Hall–Kier alpha value is -2.24.